The molecule has 1 heterocycles. The molecule has 1 amide bonds. The molecule has 0 unspecified atom stereocenters. The Morgan fingerprint density at radius 3 is 2.90 bits per heavy atom. The fraction of sp³-hybridized carbons (Fsp3) is 0.286. The summed E-state index contributed by atoms with van der Waals surface area (Å²) in [5, 5.41) is 7.60. The van der Waals surface area contributed by atoms with E-state index >= 15 is 0 Å². The van der Waals surface area contributed by atoms with Crippen molar-refractivity contribution in [3.63, 3.8) is 0 Å². The second kappa shape index (κ2) is 6.09. The maximum Gasteiger partial charge on any atom is 0.248 e. The van der Waals surface area contributed by atoms with Crippen LogP contribution in [0, 0.1) is 6.92 Å². The lowest BCUT2D eigenvalue weighted by Gasteiger charge is -2.17. The Bertz CT molecular complexity index is 623. The van der Waals surface area contributed by atoms with Crippen molar-refractivity contribution >= 4 is 27.5 Å². The molecule has 0 fully saturated rings. The number of nitrogens with two attached hydrogens (primary N) is 1. The van der Waals surface area contributed by atoms with Crippen LogP contribution < -0.4 is 11.1 Å². The standard InChI is InChI=1S/C14H17BrN4O/c1-9-3-4-11(14(16)20)5-13(9)18-10(2)7-19-8-12(15)6-17-19/h3-6,8,10,18H,7H2,1-2H3,(H2,16,20)/t10-/m0/s1. The summed E-state index contributed by atoms with van der Waals surface area (Å²) in [6, 6.07) is 5.58. The highest BCUT2D eigenvalue weighted by Crippen LogP contribution is 2.18. The van der Waals surface area contributed by atoms with Gasteiger partial charge >= 0.3 is 0 Å². The highest BCUT2D eigenvalue weighted by atomic mass is 79.9. The normalized spacial score (nSPS) is 12.2. The van der Waals surface area contributed by atoms with Crippen molar-refractivity contribution in [2.75, 3.05) is 5.32 Å². The van der Waals surface area contributed by atoms with E-state index in [1.165, 1.54) is 0 Å². The number of benzene rings is 1. The summed E-state index contributed by atoms with van der Waals surface area (Å²) in [6.45, 7) is 4.78. The molecule has 2 rings (SSSR count). The number of hydrogen-bond donors (Lipinski definition) is 2. The van der Waals surface area contributed by atoms with Crippen molar-refractivity contribution in [2.24, 2.45) is 5.73 Å². The first kappa shape index (κ1) is 14.6. The molecule has 2 aromatic rings. The number of aryl methyl sites for hydroxylation is 1. The fourth-order valence-electron chi connectivity index (χ4n) is 1.96. The molecule has 3 N–H and O–H groups in total. The number of carbonyl (C=O) groups excluding carboxylic acids is 1. The van der Waals surface area contributed by atoms with E-state index in [1.807, 2.05) is 23.9 Å². The van der Waals surface area contributed by atoms with Crippen LogP contribution in [0.5, 0.6) is 0 Å². The third kappa shape index (κ3) is 3.60. The van der Waals surface area contributed by atoms with Crippen molar-refractivity contribution in [2.45, 2.75) is 26.4 Å². The minimum atomic E-state index is -0.420. The molecule has 1 aromatic carbocycles. The van der Waals surface area contributed by atoms with E-state index in [0.29, 0.717) is 5.56 Å². The number of aromatic nitrogens is 2. The van der Waals surface area contributed by atoms with Crippen molar-refractivity contribution < 1.29 is 4.79 Å². The zero-order chi connectivity index (χ0) is 14.7. The van der Waals surface area contributed by atoms with Crippen LogP contribution in [0.1, 0.15) is 22.8 Å². The number of primary amides is 1. The lowest BCUT2D eigenvalue weighted by Crippen LogP contribution is -2.23. The minimum Gasteiger partial charge on any atom is -0.380 e. The van der Waals surface area contributed by atoms with Crippen LogP contribution in [-0.2, 0) is 6.54 Å². The predicted octanol–water partition coefficient (Wildman–Crippen LogP) is 2.55. The van der Waals surface area contributed by atoms with Gasteiger partial charge in [0.25, 0.3) is 0 Å². The van der Waals surface area contributed by atoms with Gasteiger partial charge in [-0.2, -0.15) is 5.10 Å². The molecule has 6 heteroatoms. The van der Waals surface area contributed by atoms with Gasteiger partial charge in [-0.1, -0.05) is 6.07 Å². The maximum absolute atomic E-state index is 11.2. The predicted molar refractivity (Wildman–Crippen MR) is 82.7 cm³/mol. The van der Waals surface area contributed by atoms with Crippen LogP contribution in [0.2, 0.25) is 0 Å². The number of halogens is 1. The summed E-state index contributed by atoms with van der Waals surface area (Å²) >= 11 is 3.37. The number of carbonyl (C=O) groups is 1. The van der Waals surface area contributed by atoms with E-state index in [1.54, 1.807) is 18.3 Å². The first-order valence-corrected chi connectivity index (χ1v) is 7.10. The molecule has 0 aliphatic carbocycles. The summed E-state index contributed by atoms with van der Waals surface area (Å²) in [7, 11) is 0. The number of anilines is 1. The van der Waals surface area contributed by atoms with Crippen LogP contribution in [-0.4, -0.2) is 21.7 Å². The SMILES string of the molecule is Cc1ccc(C(N)=O)cc1N[C@@H](C)Cn1cc(Br)cn1. The van der Waals surface area contributed by atoms with E-state index in [9.17, 15) is 4.79 Å². The Morgan fingerprint density at radius 2 is 2.30 bits per heavy atom. The highest BCUT2D eigenvalue weighted by molar-refractivity contribution is 9.10. The van der Waals surface area contributed by atoms with Gasteiger partial charge in [-0.25, -0.2) is 0 Å². The molecule has 0 spiro atoms. The molecule has 20 heavy (non-hydrogen) atoms. The Morgan fingerprint density at radius 1 is 1.55 bits per heavy atom. The number of amides is 1. The van der Waals surface area contributed by atoms with Gasteiger partial charge in [-0.3, -0.25) is 9.48 Å². The van der Waals surface area contributed by atoms with Gasteiger partial charge in [0.15, 0.2) is 0 Å². The molecule has 5 nitrogen and oxygen atoms in total. The van der Waals surface area contributed by atoms with E-state index < -0.39 is 5.91 Å². The monoisotopic (exact) mass is 336 g/mol. The van der Waals surface area contributed by atoms with Crippen molar-refractivity contribution in [1.29, 1.82) is 0 Å². The summed E-state index contributed by atoms with van der Waals surface area (Å²) < 4.78 is 2.81. The summed E-state index contributed by atoms with van der Waals surface area (Å²) in [5.74, 6) is -0.420. The smallest absolute Gasteiger partial charge is 0.248 e. The second-order valence-corrected chi connectivity index (χ2v) is 5.74. The molecule has 0 bridgehead atoms. The first-order valence-electron chi connectivity index (χ1n) is 6.30. The largest absolute Gasteiger partial charge is 0.380 e. The van der Waals surface area contributed by atoms with E-state index in [4.69, 9.17) is 5.73 Å². The Labute approximate surface area is 126 Å². The molecule has 0 aliphatic heterocycles. The summed E-state index contributed by atoms with van der Waals surface area (Å²) in [6.07, 6.45) is 3.68. The quantitative estimate of drug-likeness (QED) is 0.881. The van der Waals surface area contributed by atoms with Gasteiger partial charge in [0.2, 0.25) is 5.91 Å². The van der Waals surface area contributed by atoms with Gasteiger partial charge in [0.05, 0.1) is 17.2 Å². The molecule has 0 aliphatic rings. The van der Waals surface area contributed by atoms with Crippen LogP contribution in [0.15, 0.2) is 35.1 Å². The second-order valence-electron chi connectivity index (χ2n) is 4.82. The Balaban J connectivity index is 2.08. The fourth-order valence-corrected chi connectivity index (χ4v) is 2.29. The summed E-state index contributed by atoms with van der Waals surface area (Å²) in [5.41, 5.74) is 7.80. The van der Waals surface area contributed by atoms with E-state index in [0.717, 1.165) is 22.3 Å². The molecule has 0 radical (unpaired) electrons. The average Bonchev–Trinajstić information content (AvgIpc) is 2.77. The van der Waals surface area contributed by atoms with Crippen LogP contribution in [0.25, 0.3) is 0 Å². The van der Waals surface area contributed by atoms with Gasteiger partial charge in [-0.05, 0) is 47.5 Å². The maximum atomic E-state index is 11.2. The van der Waals surface area contributed by atoms with Crippen molar-refractivity contribution in [3.05, 3.63) is 46.2 Å². The van der Waals surface area contributed by atoms with Crippen LogP contribution >= 0.6 is 15.9 Å². The number of nitrogens with zero attached hydrogens (tertiary/aromatic N) is 2. The number of nitrogens with one attached hydrogen (secondary N) is 1. The zero-order valence-electron chi connectivity index (χ0n) is 11.4. The van der Waals surface area contributed by atoms with Crippen LogP contribution in [0.3, 0.4) is 0 Å². The molecule has 1 atom stereocenters. The zero-order valence-corrected chi connectivity index (χ0v) is 13.0. The highest BCUT2D eigenvalue weighted by Gasteiger charge is 2.09. The molecular formula is C14H17BrN4O. The summed E-state index contributed by atoms with van der Waals surface area (Å²) in [4.78, 5) is 11.2. The molecule has 1 aromatic heterocycles. The first-order chi connectivity index (χ1) is 9.45. The van der Waals surface area contributed by atoms with Crippen molar-refractivity contribution in [1.82, 2.24) is 9.78 Å². The molecule has 0 saturated carbocycles. The number of hydrogen-bond acceptors (Lipinski definition) is 3. The lowest BCUT2D eigenvalue weighted by atomic mass is 10.1. The minimum absolute atomic E-state index is 0.170. The third-order valence-electron chi connectivity index (χ3n) is 2.99. The molecule has 0 saturated heterocycles. The van der Waals surface area contributed by atoms with E-state index in [2.05, 4.69) is 33.3 Å². The average molecular weight is 337 g/mol. The van der Waals surface area contributed by atoms with Crippen LogP contribution in [0.4, 0.5) is 5.69 Å². The van der Waals surface area contributed by atoms with Gasteiger partial charge in [-0.15, -0.1) is 0 Å². The lowest BCUT2D eigenvalue weighted by molar-refractivity contribution is 0.100. The molecular weight excluding hydrogens is 320 g/mol. The van der Waals surface area contributed by atoms with Crippen molar-refractivity contribution in [3.8, 4) is 0 Å². The third-order valence-corrected chi connectivity index (χ3v) is 3.40. The van der Waals surface area contributed by atoms with Gasteiger partial charge in [0.1, 0.15) is 0 Å². The number of rotatable bonds is 5. The van der Waals surface area contributed by atoms with Gasteiger partial charge in [0, 0.05) is 23.5 Å². The Kier molecular flexibility index (Phi) is 4.44. The van der Waals surface area contributed by atoms with Gasteiger partial charge < -0.3 is 11.1 Å². The molecule has 106 valence electrons. The van der Waals surface area contributed by atoms with E-state index in [-0.39, 0.29) is 6.04 Å². The Hall–Kier alpha value is -1.82. The topological polar surface area (TPSA) is 72.9 Å².